The number of aliphatic imine (C=N–C) groups is 1. The van der Waals surface area contributed by atoms with Crippen LogP contribution in [0.3, 0.4) is 0 Å². The van der Waals surface area contributed by atoms with Crippen LogP contribution in [0, 0.1) is 17.8 Å². The van der Waals surface area contributed by atoms with Crippen molar-refractivity contribution in [3.63, 3.8) is 0 Å². The average molecular weight is 393 g/mol. The molecule has 3 nitrogen and oxygen atoms in total. The predicted octanol–water partition coefficient (Wildman–Crippen LogP) is 3.74. The van der Waals surface area contributed by atoms with E-state index in [2.05, 4.69) is 29.2 Å². The second-order valence-corrected chi connectivity index (χ2v) is 6.71. The van der Waals surface area contributed by atoms with E-state index >= 15 is 0 Å². The Labute approximate surface area is 142 Å². The molecule has 0 aromatic heterocycles. The lowest BCUT2D eigenvalue weighted by atomic mass is 9.83. The van der Waals surface area contributed by atoms with E-state index < -0.39 is 0 Å². The standard InChI is InChI=1S/C16H31N3.HI/c1-13-4-6-15(7-5-13)12-19(3)16(17-2)18-11-10-14-8-9-14;/h13-15H,4-12H2,1-3H3,(H,17,18);1H. The summed E-state index contributed by atoms with van der Waals surface area (Å²) < 4.78 is 0. The molecule has 1 N–H and O–H groups in total. The first-order valence-corrected chi connectivity index (χ1v) is 8.10. The molecular weight excluding hydrogens is 361 g/mol. The average Bonchev–Trinajstić information content (AvgIpc) is 3.21. The summed E-state index contributed by atoms with van der Waals surface area (Å²) in [5, 5.41) is 3.51. The zero-order valence-electron chi connectivity index (χ0n) is 13.4. The first-order chi connectivity index (χ1) is 9.19. The van der Waals surface area contributed by atoms with E-state index in [1.165, 1.54) is 44.9 Å². The van der Waals surface area contributed by atoms with Gasteiger partial charge in [0.25, 0.3) is 0 Å². The van der Waals surface area contributed by atoms with E-state index in [1.54, 1.807) is 0 Å². The number of guanidine groups is 1. The first kappa shape index (κ1) is 18.1. The Kier molecular flexibility index (Phi) is 8.22. The Hall–Kier alpha value is 0. The zero-order valence-corrected chi connectivity index (χ0v) is 15.7. The molecule has 0 aromatic carbocycles. The van der Waals surface area contributed by atoms with Crippen LogP contribution in [0.15, 0.2) is 4.99 Å². The SMILES string of the molecule is CN=C(NCCC1CC1)N(C)CC1CCC(C)CC1.I. The van der Waals surface area contributed by atoms with Gasteiger partial charge in [0.1, 0.15) is 0 Å². The van der Waals surface area contributed by atoms with E-state index in [0.717, 1.165) is 36.8 Å². The molecular formula is C16H32IN3. The maximum Gasteiger partial charge on any atom is 0.193 e. The van der Waals surface area contributed by atoms with Gasteiger partial charge in [0, 0.05) is 27.2 Å². The van der Waals surface area contributed by atoms with Crippen molar-refractivity contribution in [3.8, 4) is 0 Å². The fourth-order valence-electron chi connectivity index (χ4n) is 3.16. The van der Waals surface area contributed by atoms with Crippen molar-refractivity contribution < 1.29 is 0 Å². The minimum atomic E-state index is 0. The monoisotopic (exact) mass is 393 g/mol. The van der Waals surface area contributed by atoms with Crippen LogP contribution in [-0.4, -0.2) is 38.0 Å². The summed E-state index contributed by atoms with van der Waals surface area (Å²) in [5.74, 6) is 3.88. The van der Waals surface area contributed by atoms with Gasteiger partial charge in [0.05, 0.1) is 0 Å². The van der Waals surface area contributed by atoms with Crippen LogP contribution >= 0.6 is 24.0 Å². The third-order valence-corrected chi connectivity index (χ3v) is 4.77. The Bertz CT molecular complexity index is 294. The van der Waals surface area contributed by atoms with E-state index in [0.29, 0.717) is 0 Å². The van der Waals surface area contributed by atoms with Crippen LogP contribution in [0.2, 0.25) is 0 Å². The van der Waals surface area contributed by atoms with Gasteiger partial charge in [-0.15, -0.1) is 24.0 Å². The Morgan fingerprint density at radius 2 is 1.70 bits per heavy atom. The summed E-state index contributed by atoms with van der Waals surface area (Å²) in [5.41, 5.74) is 0. The van der Waals surface area contributed by atoms with Gasteiger partial charge in [-0.1, -0.05) is 32.6 Å². The number of hydrogen-bond acceptors (Lipinski definition) is 1. The molecule has 0 bridgehead atoms. The summed E-state index contributed by atoms with van der Waals surface area (Å²) in [4.78, 5) is 6.74. The molecule has 2 aliphatic rings. The summed E-state index contributed by atoms with van der Waals surface area (Å²) in [6.07, 6.45) is 9.80. The normalized spacial score (nSPS) is 26.9. The number of nitrogens with zero attached hydrogens (tertiary/aromatic N) is 2. The molecule has 2 aliphatic carbocycles. The van der Waals surface area contributed by atoms with Gasteiger partial charge in [-0.3, -0.25) is 4.99 Å². The molecule has 0 aliphatic heterocycles. The molecule has 0 heterocycles. The van der Waals surface area contributed by atoms with Gasteiger partial charge in [-0.2, -0.15) is 0 Å². The maximum atomic E-state index is 4.42. The highest BCUT2D eigenvalue weighted by Gasteiger charge is 2.22. The van der Waals surface area contributed by atoms with Crippen LogP contribution in [-0.2, 0) is 0 Å². The molecule has 0 spiro atoms. The van der Waals surface area contributed by atoms with Gasteiger partial charge in [0.2, 0.25) is 0 Å². The maximum absolute atomic E-state index is 4.42. The molecule has 4 heteroatoms. The van der Waals surface area contributed by atoms with Crippen LogP contribution in [0.5, 0.6) is 0 Å². The van der Waals surface area contributed by atoms with Gasteiger partial charge >= 0.3 is 0 Å². The summed E-state index contributed by atoms with van der Waals surface area (Å²) in [7, 11) is 4.09. The van der Waals surface area contributed by atoms with Crippen molar-refractivity contribution in [1.29, 1.82) is 0 Å². The lowest BCUT2D eigenvalue weighted by Gasteiger charge is -2.31. The molecule has 0 radical (unpaired) electrons. The highest BCUT2D eigenvalue weighted by molar-refractivity contribution is 14.0. The van der Waals surface area contributed by atoms with Gasteiger partial charge in [0.15, 0.2) is 5.96 Å². The van der Waals surface area contributed by atoms with Crippen molar-refractivity contribution in [1.82, 2.24) is 10.2 Å². The lowest BCUT2D eigenvalue weighted by Crippen LogP contribution is -2.42. The van der Waals surface area contributed by atoms with Gasteiger partial charge in [-0.25, -0.2) is 0 Å². The largest absolute Gasteiger partial charge is 0.356 e. The van der Waals surface area contributed by atoms with Crippen molar-refractivity contribution in [2.45, 2.75) is 51.9 Å². The number of halogens is 1. The molecule has 20 heavy (non-hydrogen) atoms. The Morgan fingerprint density at radius 1 is 1.10 bits per heavy atom. The quantitative estimate of drug-likeness (QED) is 0.438. The molecule has 2 rings (SSSR count). The molecule has 0 saturated heterocycles. The highest BCUT2D eigenvalue weighted by atomic mass is 127. The third-order valence-electron chi connectivity index (χ3n) is 4.77. The molecule has 2 fully saturated rings. The Balaban J connectivity index is 0.00000200. The molecule has 0 unspecified atom stereocenters. The number of hydrogen-bond donors (Lipinski definition) is 1. The Morgan fingerprint density at radius 3 is 2.25 bits per heavy atom. The van der Waals surface area contributed by atoms with E-state index in [9.17, 15) is 0 Å². The van der Waals surface area contributed by atoms with E-state index in [4.69, 9.17) is 0 Å². The predicted molar refractivity (Wildman–Crippen MR) is 97.9 cm³/mol. The second-order valence-electron chi connectivity index (χ2n) is 6.71. The van der Waals surface area contributed by atoms with Crippen molar-refractivity contribution in [2.24, 2.45) is 22.7 Å². The van der Waals surface area contributed by atoms with Crippen LogP contribution in [0.4, 0.5) is 0 Å². The lowest BCUT2D eigenvalue weighted by molar-refractivity contribution is 0.250. The molecule has 2 saturated carbocycles. The summed E-state index contributed by atoms with van der Waals surface area (Å²) in [6, 6.07) is 0. The van der Waals surface area contributed by atoms with Crippen LogP contribution in [0.25, 0.3) is 0 Å². The van der Waals surface area contributed by atoms with Crippen molar-refractivity contribution in [2.75, 3.05) is 27.2 Å². The third kappa shape index (κ3) is 6.19. The number of nitrogens with one attached hydrogen (secondary N) is 1. The number of rotatable bonds is 5. The molecule has 0 amide bonds. The van der Waals surface area contributed by atoms with Gasteiger partial charge < -0.3 is 10.2 Å². The van der Waals surface area contributed by atoms with Crippen molar-refractivity contribution in [3.05, 3.63) is 0 Å². The topological polar surface area (TPSA) is 27.6 Å². The van der Waals surface area contributed by atoms with E-state index in [1.807, 2.05) is 7.05 Å². The second kappa shape index (κ2) is 9.11. The molecule has 118 valence electrons. The minimum Gasteiger partial charge on any atom is -0.356 e. The van der Waals surface area contributed by atoms with Crippen LogP contribution in [0.1, 0.15) is 51.9 Å². The molecule has 0 aromatic rings. The van der Waals surface area contributed by atoms with Gasteiger partial charge in [-0.05, 0) is 37.0 Å². The highest BCUT2D eigenvalue weighted by Crippen LogP contribution is 2.31. The zero-order chi connectivity index (χ0) is 13.7. The molecule has 0 atom stereocenters. The summed E-state index contributed by atoms with van der Waals surface area (Å²) >= 11 is 0. The van der Waals surface area contributed by atoms with E-state index in [-0.39, 0.29) is 24.0 Å². The van der Waals surface area contributed by atoms with Crippen LogP contribution < -0.4 is 5.32 Å². The first-order valence-electron chi connectivity index (χ1n) is 8.10. The fraction of sp³-hybridized carbons (Fsp3) is 0.938. The fourth-order valence-corrected chi connectivity index (χ4v) is 3.16. The summed E-state index contributed by atoms with van der Waals surface area (Å²) in [6.45, 7) is 4.64. The smallest absolute Gasteiger partial charge is 0.193 e. The minimum absolute atomic E-state index is 0. The van der Waals surface area contributed by atoms with Crippen molar-refractivity contribution >= 4 is 29.9 Å².